The number of halogens is 2. The number of hydrogen-bond donors (Lipinski definition) is 1. The molecule has 2 heterocycles. The van der Waals surface area contributed by atoms with Crippen LogP contribution in [0.5, 0.6) is 5.75 Å². The van der Waals surface area contributed by atoms with Crippen molar-refractivity contribution in [2.24, 2.45) is 0 Å². The van der Waals surface area contributed by atoms with Gasteiger partial charge in [0.1, 0.15) is 11.5 Å². The van der Waals surface area contributed by atoms with Crippen LogP contribution in [0.25, 0.3) is 0 Å². The molecule has 24 heavy (non-hydrogen) atoms. The number of anilines is 1. The molecule has 0 bridgehead atoms. The van der Waals surface area contributed by atoms with E-state index in [9.17, 15) is 13.6 Å². The summed E-state index contributed by atoms with van der Waals surface area (Å²) < 4.78 is 34.5. The molecule has 0 aliphatic carbocycles. The lowest BCUT2D eigenvalue weighted by Gasteiger charge is -2.21. The average Bonchev–Trinajstić information content (AvgIpc) is 3.16. The van der Waals surface area contributed by atoms with Crippen LogP contribution in [0.1, 0.15) is 22.7 Å². The quantitative estimate of drug-likeness (QED) is 0.908. The molecule has 8 heteroatoms. The van der Waals surface area contributed by atoms with Gasteiger partial charge in [-0.2, -0.15) is 8.78 Å². The minimum absolute atomic E-state index is 0.103. The van der Waals surface area contributed by atoms with E-state index in [4.69, 9.17) is 4.52 Å². The number of carbonyl (C=O) groups excluding carboxylic acids is 1. The Bertz CT molecular complexity index is 720. The molecular formula is C16H17F2N3O3. The molecule has 0 spiro atoms. The predicted octanol–water partition coefficient (Wildman–Crippen LogP) is 2.59. The molecule has 1 fully saturated rings. The van der Waals surface area contributed by atoms with Crippen LogP contribution in [0.4, 0.5) is 14.5 Å². The fraction of sp³-hybridized carbons (Fsp3) is 0.375. The summed E-state index contributed by atoms with van der Waals surface area (Å²) >= 11 is 0. The molecule has 1 saturated heterocycles. The average molecular weight is 337 g/mol. The number of para-hydroxylation sites is 2. The third-order valence-electron chi connectivity index (χ3n) is 3.81. The monoisotopic (exact) mass is 337 g/mol. The Labute approximate surface area is 137 Å². The smallest absolute Gasteiger partial charge is 0.387 e. The summed E-state index contributed by atoms with van der Waals surface area (Å²) in [5.41, 5.74) is 0.819. The van der Waals surface area contributed by atoms with Gasteiger partial charge in [0.15, 0.2) is 5.69 Å². The molecule has 1 amide bonds. The molecule has 0 radical (unpaired) electrons. The van der Waals surface area contributed by atoms with Gasteiger partial charge in [0.2, 0.25) is 0 Å². The highest BCUT2D eigenvalue weighted by molar-refractivity contribution is 5.92. The second-order valence-corrected chi connectivity index (χ2v) is 5.57. The summed E-state index contributed by atoms with van der Waals surface area (Å²) in [6.07, 6.45) is 0.700. The minimum atomic E-state index is -2.88. The first kappa shape index (κ1) is 16.2. The molecule has 2 aromatic rings. The van der Waals surface area contributed by atoms with Crippen molar-refractivity contribution in [3.63, 3.8) is 0 Å². The van der Waals surface area contributed by atoms with E-state index in [1.807, 2.05) is 4.90 Å². The van der Waals surface area contributed by atoms with Crippen LogP contribution in [0.15, 0.2) is 34.9 Å². The van der Waals surface area contributed by atoms with Gasteiger partial charge in [-0.3, -0.25) is 4.79 Å². The number of nitrogens with zero attached hydrogens (tertiary/aromatic N) is 2. The molecule has 1 aliphatic rings. The van der Waals surface area contributed by atoms with E-state index in [2.05, 4.69) is 15.2 Å². The zero-order valence-electron chi connectivity index (χ0n) is 13.0. The fourth-order valence-corrected chi connectivity index (χ4v) is 2.74. The van der Waals surface area contributed by atoms with Crippen LogP contribution >= 0.6 is 0 Å². The van der Waals surface area contributed by atoms with Gasteiger partial charge >= 0.3 is 6.61 Å². The first-order chi connectivity index (χ1) is 11.5. The van der Waals surface area contributed by atoms with Gasteiger partial charge in [0.05, 0.1) is 5.69 Å². The molecule has 3 rings (SSSR count). The maximum absolute atomic E-state index is 12.5. The van der Waals surface area contributed by atoms with Gasteiger partial charge < -0.3 is 19.5 Å². The first-order valence-corrected chi connectivity index (χ1v) is 7.56. The van der Waals surface area contributed by atoms with Gasteiger partial charge in [0, 0.05) is 25.2 Å². The Kier molecular flexibility index (Phi) is 4.64. The van der Waals surface area contributed by atoms with Crippen molar-refractivity contribution in [1.29, 1.82) is 0 Å². The van der Waals surface area contributed by atoms with Crippen LogP contribution < -0.4 is 15.0 Å². The highest BCUT2D eigenvalue weighted by atomic mass is 19.3. The maximum Gasteiger partial charge on any atom is 0.387 e. The number of benzene rings is 1. The maximum atomic E-state index is 12.5. The normalized spacial score (nSPS) is 17.3. The molecule has 0 unspecified atom stereocenters. The van der Waals surface area contributed by atoms with Gasteiger partial charge in [0.25, 0.3) is 5.91 Å². The van der Waals surface area contributed by atoms with Gasteiger partial charge in [-0.1, -0.05) is 17.3 Å². The third kappa shape index (κ3) is 3.64. The van der Waals surface area contributed by atoms with E-state index < -0.39 is 6.61 Å². The highest BCUT2D eigenvalue weighted by Crippen LogP contribution is 2.31. The van der Waals surface area contributed by atoms with Gasteiger partial charge in [-0.25, -0.2) is 0 Å². The van der Waals surface area contributed by atoms with Crippen LogP contribution in [0.2, 0.25) is 0 Å². The number of nitrogens with one attached hydrogen (secondary N) is 1. The van der Waals surface area contributed by atoms with Crippen molar-refractivity contribution in [1.82, 2.24) is 10.5 Å². The minimum Gasteiger partial charge on any atom is -0.433 e. The molecule has 0 saturated carbocycles. The third-order valence-corrected chi connectivity index (χ3v) is 3.81. The lowest BCUT2D eigenvalue weighted by atomic mass is 10.2. The number of alkyl halides is 2. The van der Waals surface area contributed by atoms with Crippen LogP contribution in [-0.2, 0) is 0 Å². The summed E-state index contributed by atoms with van der Waals surface area (Å²) in [5, 5.41) is 6.55. The Hall–Kier alpha value is -2.64. The van der Waals surface area contributed by atoms with E-state index in [1.165, 1.54) is 6.07 Å². The molecule has 1 aromatic heterocycles. The Balaban J connectivity index is 1.64. The number of carbonyl (C=O) groups is 1. The number of amides is 1. The SMILES string of the molecule is Cc1cc(C(=O)N[C@@H]2CCN(c3ccccc3OC(F)F)C2)no1. The van der Waals surface area contributed by atoms with Crippen LogP contribution in [0, 0.1) is 6.92 Å². The van der Waals surface area contributed by atoms with Crippen molar-refractivity contribution in [3.05, 3.63) is 41.8 Å². The molecule has 6 nitrogen and oxygen atoms in total. The van der Waals surface area contributed by atoms with Crippen molar-refractivity contribution in [3.8, 4) is 5.75 Å². The fourth-order valence-electron chi connectivity index (χ4n) is 2.74. The summed E-state index contributed by atoms with van der Waals surface area (Å²) in [6.45, 7) is -0.0285. The molecular weight excluding hydrogens is 320 g/mol. The Morgan fingerprint density at radius 2 is 2.25 bits per heavy atom. The zero-order valence-corrected chi connectivity index (χ0v) is 13.0. The Morgan fingerprint density at radius 1 is 1.46 bits per heavy atom. The van der Waals surface area contributed by atoms with Crippen molar-refractivity contribution >= 4 is 11.6 Å². The second-order valence-electron chi connectivity index (χ2n) is 5.57. The lowest BCUT2D eigenvalue weighted by Crippen LogP contribution is -2.37. The molecule has 1 aromatic carbocycles. The van der Waals surface area contributed by atoms with Crippen molar-refractivity contribution in [2.45, 2.75) is 26.0 Å². The summed E-state index contributed by atoms with van der Waals surface area (Å²) in [4.78, 5) is 14.0. The van der Waals surface area contributed by atoms with Crippen molar-refractivity contribution in [2.75, 3.05) is 18.0 Å². The van der Waals surface area contributed by atoms with E-state index in [0.717, 1.165) is 0 Å². The molecule has 1 atom stereocenters. The van der Waals surface area contributed by atoms with E-state index in [0.29, 0.717) is 31.0 Å². The van der Waals surface area contributed by atoms with E-state index in [-0.39, 0.29) is 23.4 Å². The highest BCUT2D eigenvalue weighted by Gasteiger charge is 2.27. The summed E-state index contributed by atoms with van der Waals surface area (Å²) in [6, 6.07) is 8.10. The number of ether oxygens (including phenoxy) is 1. The first-order valence-electron chi connectivity index (χ1n) is 7.56. The number of aryl methyl sites for hydroxylation is 1. The van der Waals surface area contributed by atoms with E-state index in [1.54, 1.807) is 31.2 Å². The van der Waals surface area contributed by atoms with Crippen molar-refractivity contribution < 1.29 is 22.8 Å². The largest absolute Gasteiger partial charge is 0.433 e. The van der Waals surface area contributed by atoms with Crippen LogP contribution in [0.3, 0.4) is 0 Å². The molecule has 128 valence electrons. The standard InChI is InChI=1S/C16H17F2N3O3/c1-10-8-12(20-24-10)15(22)19-11-6-7-21(9-11)13-4-2-3-5-14(13)23-16(17)18/h2-5,8,11,16H,6-7,9H2,1H3,(H,19,22)/t11-/m1/s1. The number of hydrogen-bond acceptors (Lipinski definition) is 5. The molecule has 1 N–H and O–H groups in total. The lowest BCUT2D eigenvalue weighted by molar-refractivity contribution is -0.0495. The van der Waals surface area contributed by atoms with Gasteiger partial charge in [-0.15, -0.1) is 0 Å². The number of aromatic nitrogens is 1. The summed E-state index contributed by atoms with van der Waals surface area (Å²) in [7, 11) is 0. The summed E-state index contributed by atoms with van der Waals surface area (Å²) in [5.74, 6) is 0.383. The van der Waals surface area contributed by atoms with E-state index >= 15 is 0 Å². The zero-order chi connectivity index (χ0) is 17.1. The van der Waals surface area contributed by atoms with Gasteiger partial charge in [-0.05, 0) is 25.5 Å². The van der Waals surface area contributed by atoms with Crippen LogP contribution in [-0.4, -0.2) is 36.8 Å². The number of rotatable bonds is 5. The second kappa shape index (κ2) is 6.86. The topological polar surface area (TPSA) is 67.6 Å². The predicted molar refractivity (Wildman–Crippen MR) is 82.4 cm³/mol. The Morgan fingerprint density at radius 3 is 2.96 bits per heavy atom. The molecule has 1 aliphatic heterocycles.